The number of fused-ring (bicyclic) bond motifs is 1. The first-order valence-electron chi connectivity index (χ1n) is 6.10. The maximum atomic E-state index is 13.6. The van der Waals surface area contributed by atoms with Crippen molar-refractivity contribution in [2.75, 3.05) is 0 Å². The highest BCUT2D eigenvalue weighted by molar-refractivity contribution is 9.10. The van der Waals surface area contributed by atoms with Gasteiger partial charge in [0.15, 0.2) is 4.77 Å². The molecule has 0 saturated carbocycles. The molecule has 0 fully saturated rings. The van der Waals surface area contributed by atoms with E-state index in [1.807, 2.05) is 9.95 Å². The Bertz CT molecular complexity index is 807. The lowest BCUT2D eigenvalue weighted by atomic mass is 10.2. The molecular weight excluding hydrogens is 361 g/mol. The van der Waals surface area contributed by atoms with Gasteiger partial charge in [-0.2, -0.15) is 0 Å². The molecule has 104 valence electrons. The van der Waals surface area contributed by atoms with Crippen molar-refractivity contribution < 1.29 is 4.39 Å². The van der Waals surface area contributed by atoms with Crippen LogP contribution >= 0.6 is 39.5 Å². The molecule has 1 unspecified atom stereocenters. The molecule has 3 nitrogen and oxygen atoms in total. The van der Waals surface area contributed by atoms with Gasteiger partial charge in [-0.15, -0.1) is 11.3 Å². The third kappa shape index (κ3) is 2.23. The number of nitrogens with zero attached hydrogens (tertiary/aromatic N) is 2. The van der Waals surface area contributed by atoms with Crippen LogP contribution in [-0.2, 0) is 0 Å². The summed E-state index contributed by atoms with van der Waals surface area (Å²) < 4.78 is 16.6. The molecule has 1 atom stereocenters. The molecule has 20 heavy (non-hydrogen) atoms. The summed E-state index contributed by atoms with van der Waals surface area (Å²) in [6, 6.07) is 3.28. The number of H-pyrrole nitrogens is 1. The first-order chi connectivity index (χ1) is 9.61. The van der Waals surface area contributed by atoms with Crippen LogP contribution in [0.2, 0.25) is 0 Å². The molecule has 0 saturated heterocycles. The van der Waals surface area contributed by atoms with Crippen LogP contribution in [0.25, 0.3) is 11.0 Å². The zero-order chi connectivity index (χ0) is 14.3. The Kier molecular flexibility index (Phi) is 3.74. The first kappa shape index (κ1) is 13.9. The molecule has 0 aliphatic rings. The van der Waals surface area contributed by atoms with E-state index in [-0.39, 0.29) is 11.9 Å². The second-order valence-electron chi connectivity index (χ2n) is 4.38. The molecule has 1 aromatic carbocycles. The number of aromatic nitrogens is 3. The number of thiazole rings is 1. The summed E-state index contributed by atoms with van der Waals surface area (Å²) in [5.74, 6) is -0.303. The van der Waals surface area contributed by atoms with Gasteiger partial charge in [0.1, 0.15) is 10.8 Å². The molecule has 0 spiro atoms. The Hall–Kier alpha value is -1.05. The molecule has 0 amide bonds. The fourth-order valence-electron chi connectivity index (χ4n) is 2.30. The largest absolute Gasteiger partial charge is 0.330 e. The predicted molar refractivity (Wildman–Crippen MR) is 85.3 cm³/mol. The van der Waals surface area contributed by atoms with E-state index in [4.69, 9.17) is 12.2 Å². The van der Waals surface area contributed by atoms with Crippen molar-refractivity contribution in [3.05, 3.63) is 43.8 Å². The van der Waals surface area contributed by atoms with Gasteiger partial charge < -0.3 is 9.55 Å². The highest BCUT2D eigenvalue weighted by Crippen LogP contribution is 2.30. The van der Waals surface area contributed by atoms with Gasteiger partial charge in [0.05, 0.1) is 21.5 Å². The summed E-state index contributed by atoms with van der Waals surface area (Å²) in [6.07, 6.45) is 2.65. The third-order valence-electron chi connectivity index (χ3n) is 3.19. The lowest BCUT2D eigenvalue weighted by Gasteiger charge is -2.15. The zero-order valence-electron chi connectivity index (χ0n) is 10.6. The Morgan fingerprint density at radius 2 is 2.35 bits per heavy atom. The van der Waals surface area contributed by atoms with Gasteiger partial charge in [-0.3, -0.25) is 0 Å². The van der Waals surface area contributed by atoms with Gasteiger partial charge >= 0.3 is 0 Å². The molecule has 2 aromatic heterocycles. The maximum absolute atomic E-state index is 13.6. The topological polar surface area (TPSA) is 33.6 Å². The van der Waals surface area contributed by atoms with E-state index in [1.54, 1.807) is 23.6 Å². The summed E-state index contributed by atoms with van der Waals surface area (Å²) in [5.41, 5.74) is 1.58. The second kappa shape index (κ2) is 5.38. The molecule has 3 rings (SSSR count). The molecule has 7 heteroatoms. The number of halogens is 2. The smallest absolute Gasteiger partial charge is 0.178 e. The van der Waals surface area contributed by atoms with Crippen molar-refractivity contribution in [2.24, 2.45) is 0 Å². The van der Waals surface area contributed by atoms with Crippen LogP contribution in [0, 0.1) is 10.6 Å². The lowest BCUT2D eigenvalue weighted by Crippen LogP contribution is -2.09. The number of hydrogen-bond donors (Lipinski definition) is 1. The van der Waals surface area contributed by atoms with Crippen molar-refractivity contribution in [1.82, 2.24) is 14.5 Å². The van der Waals surface area contributed by atoms with Gasteiger partial charge in [0.25, 0.3) is 0 Å². The van der Waals surface area contributed by atoms with E-state index in [0.717, 1.165) is 16.9 Å². The lowest BCUT2D eigenvalue weighted by molar-refractivity contribution is 0.571. The number of imidazole rings is 1. The van der Waals surface area contributed by atoms with E-state index >= 15 is 0 Å². The van der Waals surface area contributed by atoms with Gasteiger partial charge in [0.2, 0.25) is 0 Å². The quantitative estimate of drug-likeness (QED) is 0.653. The van der Waals surface area contributed by atoms with E-state index in [2.05, 4.69) is 32.8 Å². The van der Waals surface area contributed by atoms with E-state index in [9.17, 15) is 4.39 Å². The minimum absolute atomic E-state index is 0.0635. The maximum Gasteiger partial charge on any atom is 0.178 e. The van der Waals surface area contributed by atoms with Crippen molar-refractivity contribution in [3.63, 3.8) is 0 Å². The second-order valence-corrected chi connectivity index (χ2v) is 6.55. The Morgan fingerprint density at radius 3 is 3.00 bits per heavy atom. The molecule has 0 radical (unpaired) electrons. The summed E-state index contributed by atoms with van der Waals surface area (Å²) in [7, 11) is 0. The number of hydrogen-bond acceptors (Lipinski definition) is 3. The molecule has 3 aromatic rings. The Morgan fingerprint density at radius 1 is 1.55 bits per heavy atom. The molecular formula is C13H11BrFN3S2. The van der Waals surface area contributed by atoms with Crippen LogP contribution in [0.4, 0.5) is 4.39 Å². The highest BCUT2D eigenvalue weighted by Gasteiger charge is 2.19. The average Bonchev–Trinajstić information content (AvgIpc) is 3.02. The summed E-state index contributed by atoms with van der Waals surface area (Å²) in [4.78, 5) is 7.45. The Balaban J connectivity index is 2.27. The molecule has 0 bridgehead atoms. The number of rotatable bonds is 3. The van der Waals surface area contributed by atoms with E-state index < -0.39 is 0 Å². The third-order valence-corrected chi connectivity index (χ3v) is 4.98. The minimum Gasteiger partial charge on any atom is -0.330 e. The van der Waals surface area contributed by atoms with Gasteiger partial charge in [-0.1, -0.05) is 6.92 Å². The fourth-order valence-corrected chi connectivity index (χ4v) is 3.78. The number of benzene rings is 1. The van der Waals surface area contributed by atoms with E-state index in [1.165, 1.54) is 6.07 Å². The predicted octanol–water partition coefficient (Wildman–Crippen LogP) is 5.06. The van der Waals surface area contributed by atoms with Gasteiger partial charge in [-0.05, 0) is 40.6 Å². The van der Waals surface area contributed by atoms with Crippen molar-refractivity contribution >= 4 is 50.5 Å². The highest BCUT2D eigenvalue weighted by atomic mass is 79.9. The summed E-state index contributed by atoms with van der Waals surface area (Å²) in [5, 5.41) is 2.96. The van der Waals surface area contributed by atoms with Crippen LogP contribution in [0.15, 0.2) is 28.2 Å². The van der Waals surface area contributed by atoms with Gasteiger partial charge in [-0.25, -0.2) is 9.37 Å². The van der Waals surface area contributed by atoms with Crippen LogP contribution < -0.4 is 0 Å². The monoisotopic (exact) mass is 371 g/mol. The summed E-state index contributed by atoms with van der Waals surface area (Å²) >= 11 is 10.2. The summed E-state index contributed by atoms with van der Waals surface area (Å²) in [6.45, 7) is 2.09. The number of nitrogens with one attached hydrogen (secondary N) is 1. The van der Waals surface area contributed by atoms with Gasteiger partial charge in [0, 0.05) is 17.6 Å². The molecule has 2 heterocycles. The van der Waals surface area contributed by atoms with Crippen LogP contribution in [-0.4, -0.2) is 14.5 Å². The standard InChI is InChI=1S/C13H11BrFN3S2/c1-2-10(12-16-3-4-20-12)18-11-5-7(14)8(15)6-9(11)17-13(18)19/h3-6,10H,2H2,1H3,(H,17,19). The Labute approximate surface area is 132 Å². The molecule has 0 aliphatic carbocycles. The average molecular weight is 372 g/mol. The SMILES string of the molecule is CCC(c1nccs1)n1c(=S)[nH]c2cc(F)c(Br)cc21. The molecule has 0 aliphatic heterocycles. The van der Waals surface area contributed by atoms with Crippen LogP contribution in [0.3, 0.4) is 0 Å². The van der Waals surface area contributed by atoms with Crippen molar-refractivity contribution in [3.8, 4) is 0 Å². The van der Waals surface area contributed by atoms with E-state index in [0.29, 0.717) is 14.8 Å². The van der Waals surface area contributed by atoms with Crippen LogP contribution in [0.1, 0.15) is 24.4 Å². The van der Waals surface area contributed by atoms with Crippen LogP contribution in [0.5, 0.6) is 0 Å². The van der Waals surface area contributed by atoms with Crippen molar-refractivity contribution in [1.29, 1.82) is 0 Å². The minimum atomic E-state index is -0.303. The molecule has 1 N–H and O–H groups in total. The fraction of sp³-hybridized carbons (Fsp3) is 0.231. The van der Waals surface area contributed by atoms with Crippen molar-refractivity contribution in [2.45, 2.75) is 19.4 Å². The normalized spacial score (nSPS) is 12.9. The zero-order valence-corrected chi connectivity index (χ0v) is 13.8. The number of aromatic amines is 1. The first-order valence-corrected chi connectivity index (χ1v) is 8.18.